The fraction of sp³-hybridized carbons (Fsp3) is 0.214. The predicted molar refractivity (Wildman–Crippen MR) is 72.2 cm³/mol. The van der Waals surface area contributed by atoms with E-state index in [1.807, 2.05) is 38.4 Å². The Morgan fingerprint density at radius 2 is 2.06 bits per heavy atom. The Morgan fingerprint density at radius 1 is 1.24 bits per heavy atom. The van der Waals surface area contributed by atoms with E-state index in [-0.39, 0.29) is 0 Å². The van der Waals surface area contributed by atoms with Gasteiger partial charge in [0.05, 0.1) is 0 Å². The van der Waals surface area contributed by atoms with Gasteiger partial charge in [-0.2, -0.15) is 0 Å². The van der Waals surface area contributed by atoms with Gasteiger partial charge in [0.15, 0.2) is 0 Å². The number of nitrogens with one attached hydrogen (secondary N) is 1. The third kappa shape index (κ3) is 2.84. The Hall–Kier alpha value is -1.38. The maximum Gasteiger partial charge on any atom is 0.0487 e. The van der Waals surface area contributed by atoms with Gasteiger partial charge in [-0.25, -0.2) is 0 Å². The highest BCUT2D eigenvalue weighted by Crippen LogP contribution is 2.28. The van der Waals surface area contributed by atoms with Crippen LogP contribution in [0.4, 0.5) is 0 Å². The third-order valence-corrected chi connectivity index (χ3v) is 2.93. The molecule has 0 saturated carbocycles. The van der Waals surface area contributed by atoms with Crippen LogP contribution >= 0.6 is 11.6 Å². The first kappa shape index (κ1) is 12.1. The van der Waals surface area contributed by atoms with E-state index in [1.165, 1.54) is 5.56 Å². The van der Waals surface area contributed by atoms with Crippen LogP contribution in [0.3, 0.4) is 0 Å². The van der Waals surface area contributed by atoms with Crippen molar-refractivity contribution < 1.29 is 0 Å². The molecule has 0 radical (unpaired) electrons. The second kappa shape index (κ2) is 5.30. The summed E-state index contributed by atoms with van der Waals surface area (Å²) in [6.07, 6.45) is 1.81. The Morgan fingerprint density at radius 3 is 2.71 bits per heavy atom. The van der Waals surface area contributed by atoms with Gasteiger partial charge < -0.3 is 5.32 Å². The number of benzene rings is 1. The summed E-state index contributed by atoms with van der Waals surface area (Å²) in [6, 6.07) is 10.2. The normalized spacial score (nSPS) is 10.5. The lowest BCUT2D eigenvalue weighted by Gasteiger charge is -2.07. The van der Waals surface area contributed by atoms with Crippen molar-refractivity contribution in [2.45, 2.75) is 13.5 Å². The number of hydrogen-bond donors (Lipinski definition) is 1. The Bertz CT molecular complexity index is 523. The van der Waals surface area contributed by atoms with Gasteiger partial charge in [-0.1, -0.05) is 23.7 Å². The Balaban J connectivity index is 2.39. The molecule has 0 aliphatic heterocycles. The van der Waals surface area contributed by atoms with Crippen LogP contribution in [-0.4, -0.2) is 12.0 Å². The van der Waals surface area contributed by atoms with Crippen LogP contribution in [0.2, 0.25) is 5.02 Å². The summed E-state index contributed by atoms with van der Waals surface area (Å²) < 4.78 is 0. The van der Waals surface area contributed by atoms with Crippen LogP contribution in [0.1, 0.15) is 11.3 Å². The topological polar surface area (TPSA) is 24.9 Å². The molecule has 0 aliphatic carbocycles. The summed E-state index contributed by atoms with van der Waals surface area (Å²) >= 11 is 6.30. The summed E-state index contributed by atoms with van der Waals surface area (Å²) in [5.41, 5.74) is 4.35. The van der Waals surface area contributed by atoms with E-state index in [1.54, 1.807) is 0 Å². The number of pyridine rings is 1. The number of aromatic nitrogens is 1. The van der Waals surface area contributed by atoms with E-state index in [0.29, 0.717) is 0 Å². The molecular weight excluding hydrogens is 232 g/mol. The molecule has 1 aromatic carbocycles. The number of aryl methyl sites for hydroxylation is 1. The van der Waals surface area contributed by atoms with Gasteiger partial charge in [0, 0.05) is 29.0 Å². The van der Waals surface area contributed by atoms with Crippen molar-refractivity contribution in [2.75, 3.05) is 7.05 Å². The van der Waals surface area contributed by atoms with Crippen LogP contribution in [0, 0.1) is 6.92 Å². The average molecular weight is 247 g/mol. The number of halogens is 1. The zero-order valence-corrected chi connectivity index (χ0v) is 10.8. The minimum Gasteiger partial charge on any atom is -0.316 e. The van der Waals surface area contributed by atoms with Crippen molar-refractivity contribution in [2.24, 2.45) is 0 Å². The van der Waals surface area contributed by atoms with Gasteiger partial charge in [0.1, 0.15) is 0 Å². The molecule has 2 aromatic rings. The van der Waals surface area contributed by atoms with Gasteiger partial charge in [0.25, 0.3) is 0 Å². The minimum absolute atomic E-state index is 0.781. The highest BCUT2D eigenvalue weighted by Gasteiger charge is 2.04. The molecule has 0 aliphatic rings. The maximum absolute atomic E-state index is 6.30. The molecule has 2 nitrogen and oxygen atoms in total. The van der Waals surface area contributed by atoms with E-state index in [0.717, 1.165) is 28.4 Å². The van der Waals surface area contributed by atoms with Crippen molar-refractivity contribution >= 4 is 11.6 Å². The molecule has 0 bridgehead atoms. The first-order valence-corrected chi connectivity index (χ1v) is 5.94. The van der Waals surface area contributed by atoms with Crippen molar-refractivity contribution in [3.63, 3.8) is 0 Å². The fourth-order valence-electron chi connectivity index (χ4n) is 1.82. The standard InChI is InChI=1S/C14H15ClN2/c1-10-7-12(5-6-17-10)13-4-3-11(9-16-2)8-14(13)15/h3-8,16H,9H2,1-2H3. The van der Waals surface area contributed by atoms with E-state index < -0.39 is 0 Å². The lowest BCUT2D eigenvalue weighted by molar-refractivity contribution is 0.818. The smallest absolute Gasteiger partial charge is 0.0487 e. The first-order chi connectivity index (χ1) is 8.20. The van der Waals surface area contributed by atoms with Crippen molar-refractivity contribution in [3.05, 3.63) is 52.8 Å². The molecule has 17 heavy (non-hydrogen) atoms. The second-order valence-electron chi connectivity index (χ2n) is 4.03. The molecule has 1 N–H and O–H groups in total. The van der Waals surface area contributed by atoms with Gasteiger partial charge in [-0.3, -0.25) is 4.98 Å². The molecule has 0 unspecified atom stereocenters. The van der Waals surface area contributed by atoms with E-state index in [4.69, 9.17) is 11.6 Å². The SMILES string of the molecule is CNCc1ccc(-c2ccnc(C)c2)c(Cl)c1. The zero-order chi connectivity index (χ0) is 12.3. The number of rotatable bonds is 3. The van der Waals surface area contributed by atoms with Crippen LogP contribution < -0.4 is 5.32 Å². The summed E-state index contributed by atoms with van der Waals surface area (Å²) in [5, 5.41) is 3.89. The molecule has 0 amide bonds. The summed E-state index contributed by atoms with van der Waals surface area (Å²) in [4.78, 5) is 4.19. The lowest BCUT2D eigenvalue weighted by atomic mass is 10.0. The summed E-state index contributed by atoms with van der Waals surface area (Å²) in [5.74, 6) is 0. The van der Waals surface area contributed by atoms with Crippen LogP contribution in [0.15, 0.2) is 36.5 Å². The molecule has 0 fully saturated rings. The summed E-state index contributed by atoms with van der Waals surface area (Å²) in [7, 11) is 1.92. The Labute approximate surface area is 107 Å². The van der Waals surface area contributed by atoms with Gasteiger partial charge >= 0.3 is 0 Å². The highest BCUT2D eigenvalue weighted by atomic mass is 35.5. The van der Waals surface area contributed by atoms with Crippen molar-refractivity contribution in [1.82, 2.24) is 10.3 Å². The average Bonchev–Trinajstić information content (AvgIpc) is 2.29. The Kier molecular flexibility index (Phi) is 3.77. The second-order valence-corrected chi connectivity index (χ2v) is 4.44. The number of nitrogens with zero attached hydrogens (tertiary/aromatic N) is 1. The lowest BCUT2D eigenvalue weighted by Crippen LogP contribution is -2.04. The molecule has 0 atom stereocenters. The van der Waals surface area contributed by atoms with Crippen molar-refractivity contribution in [3.8, 4) is 11.1 Å². The van der Waals surface area contributed by atoms with E-state index >= 15 is 0 Å². The monoisotopic (exact) mass is 246 g/mol. The molecule has 0 saturated heterocycles. The van der Waals surface area contributed by atoms with E-state index in [9.17, 15) is 0 Å². The number of hydrogen-bond acceptors (Lipinski definition) is 2. The molecular formula is C14H15ClN2. The molecule has 1 aromatic heterocycles. The predicted octanol–water partition coefficient (Wildman–Crippen LogP) is 3.43. The van der Waals surface area contributed by atoms with E-state index in [2.05, 4.69) is 22.4 Å². The largest absolute Gasteiger partial charge is 0.316 e. The van der Waals surface area contributed by atoms with Crippen LogP contribution in [-0.2, 0) is 6.54 Å². The molecule has 3 heteroatoms. The maximum atomic E-state index is 6.30. The molecule has 2 rings (SSSR count). The summed E-state index contributed by atoms with van der Waals surface area (Å²) in [6.45, 7) is 2.81. The minimum atomic E-state index is 0.781. The van der Waals surface area contributed by atoms with Crippen LogP contribution in [0.5, 0.6) is 0 Å². The zero-order valence-electron chi connectivity index (χ0n) is 10.00. The third-order valence-electron chi connectivity index (χ3n) is 2.62. The van der Waals surface area contributed by atoms with Gasteiger partial charge in [0.2, 0.25) is 0 Å². The quantitative estimate of drug-likeness (QED) is 0.898. The first-order valence-electron chi connectivity index (χ1n) is 5.57. The van der Waals surface area contributed by atoms with Crippen molar-refractivity contribution in [1.29, 1.82) is 0 Å². The molecule has 0 spiro atoms. The fourth-order valence-corrected chi connectivity index (χ4v) is 2.13. The molecule has 88 valence electrons. The van der Waals surface area contributed by atoms with Gasteiger partial charge in [-0.05, 0) is 43.3 Å². The molecule has 1 heterocycles. The highest BCUT2D eigenvalue weighted by molar-refractivity contribution is 6.33. The van der Waals surface area contributed by atoms with Gasteiger partial charge in [-0.15, -0.1) is 0 Å². The van der Waals surface area contributed by atoms with Crippen LogP contribution in [0.25, 0.3) is 11.1 Å².